The first kappa shape index (κ1) is 19.0. The summed E-state index contributed by atoms with van der Waals surface area (Å²) in [5.41, 5.74) is 3.43. The molecule has 0 N–H and O–H groups in total. The van der Waals surface area contributed by atoms with Crippen molar-refractivity contribution < 1.29 is 4.79 Å². The minimum Gasteiger partial charge on any atom is -0.293 e. The summed E-state index contributed by atoms with van der Waals surface area (Å²) in [5, 5.41) is 27.4. The van der Waals surface area contributed by atoms with Crippen molar-refractivity contribution in [1.29, 1.82) is 10.5 Å². The summed E-state index contributed by atoms with van der Waals surface area (Å²) in [5.74, 6) is -0.198. The number of hydrogen-bond acceptors (Lipinski definition) is 5. The predicted octanol–water partition coefficient (Wildman–Crippen LogP) is 4.35. The average Bonchev–Trinajstić information content (AvgIpc) is 3.08. The summed E-state index contributed by atoms with van der Waals surface area (Å²) < 4.78 is 1.50. The van der Waals surface area contributed by atoms with Crippen LogP contribution < -0.4 is 0 Å². The Kier molecular flexibility index (Phi) is 5.35. The molecule has 0 fully saturated rings. The molecule has 0 aliphatic heterocycles. The van der Waals surface area contributed by atoms with Gasteiger partial charge in [-0.1, -0.05) is 41.1 Å². The van der Waals surface area contributed by atoms with E-state index in [1.807, 2.05) is 36.4 Å². The Morgan fingerprint density at radius 1 is 1.11 bits per heavy atom. The van der Waals surface area contributed by atoms with Gasteiger partial charge in [0.25, 0.3) is 0 Å². The number of ketones is 1. The van der Waals surface area contributed by atoms with Crippen LogP contribution in [-0.4, -0.2) is 20.8 Å². The minimum absolute atomic E-state index is 0.198. The Balaban J connectivity index is 2.18. The number of benzene rings is 2. The maximum atomic E-state index is 11.7. The number of halogens is 1. The lowest BCUT2D eigenvalue weighted by atomic mass is 10.0. The molecule has 0 radical (unpaired) electrons. The van der Waals surface area contributed by atoms with Crippen molar-refractivity contribution in [3.8, 4) is 17.8 Å². The molecule has 2 aromatic carbocycles. The summed E-state index contributed by atoms with van der Waals surface area (Å²) in [4.78, 5) is 11.7. The molecule has 0 saturated carbocycles. The molecule has 1 heterocycles. The molecule has 0 atom stereocenters. The van der Waals surface area contributed by atoms with E-state index >= 15 is 0 Å². The van der Waals surface area contributed by atoms with Crippen LogP contribution in [0.4, 0.5) is 0 Å². The van der Waals surface area contributed by atoms with Crippen LogP contribution >= 0.6 is 11.6 Å². The van der Waals surface area contributed by atoms with Crippen LogP contribution in [0.3, 0.4) is 0 Å². The third kappa shape index (κ3) is 3.68. The van der Waals surface area contributed by atoms with Crippen LogP contribution in [0.2, 0.25) is 5.02 Å². The van der Waals surface area contributed by atoms with E-state index in [0.717, 1.165) is 5.56 Å². The lowest BCUT2D eigenvalue weighted by molar-refractivity contribution is 0.101. The van der Waals surface area contributed by atoms with Gasteiger partial charge in [-0.3, -0.25) is 4.79 Å². The molecule has 0 unspecified atom stereocenters. The zero-order valence-electron chi connectivity index (χ0n) is 15.1. The number of rotatable bonds is 4. The van der Waals surface area contributed by atoms with E-state index in [4.69, 9.17) is 11.6 Å². The van der Waals surface area contributed by atoms with Crippen molar-refractivity contribution >= 4 is 29.5 Å². The topological polar surface area (TPSA) is 95.4 Å². The maximum absolute atomic E-state index is 11.7. The first-order valence-corrected chi connectivity index (χ1v) is 8.68. The average molecular weight is 388 g/mol. The van der Waals surface area contributed by atoms with Gasteiger partial charge in [0, 0.05) is 17.5 Å². The number of nitriles is 2. The second-order valence-corrected chi connectivity index (χ2v) is 6.49. The molecule has 3 aromatic rings. The minimum atomic E-state index is -0.198. The van der Waals surface area contributed by atoms with E-state index in [1.165, 1.54) is 11.6 Å². The van der Waals surface area contributed by atoms with Crippen LogP contribution in [0.25, 0.3) is 17.8 Å². The van der Waals surface area contributed by atoms with Gasteiger partial charge in [0.15, 0.2) is 11.5 Å². The lowest BCUT2D eigenvalue weighted by Gasteiger charge is -2.10. The normalized spacial score (nSPS) is 10.6. The summed E-state index contributed by atoms with van der Waals surface area (Å²) in [6.07, 6.45) is 3.68. The quantitative estimate of drug-likeness (QED) is 0.490. The van der Waals surface area contributed by atoms with Crippen LogP contribution in [0, 0.1) is 29.6 Å². The monoisotopic (exact) mass is 387 g/mol. The first-order chi connectivity index (χ1) is 13.4. The van der Waals surface area contributed by atoms with Gasteiger partial charge in [0.1, 0.15) is 12.1 Å². The highest BCUT2D eigenvalue weighted by atomic mass is 35.5. The van der Waals surface area contributed by atoms with Crippen molar-refractivity contribution in [3.05, 3.63) is 75.1 Å². The molecular formula is C21H14ClN5O. The number of aromatic nitrogens is 3. The maximum Gasteiger partial charge on any atom is 0.181 e. The highest BCUT2D eigenvalue weighted by Crippen LogP contribution is 2.24. The third-order valence-electron chi connectivity index (χ3n) is 4.19. The van der Waals surface area contributed by atoms with Gasteiger partial charge in [-0.15, -0.1) is 5.10 Å². The summed E-state index contributed by atoms with van der Waals surface area (Å²) in [6.45, 7) is 3.15. The third-order valence-corrected chi connectivity index (χ3v) is 4.44. The zero-order valence-corrected chi connectivity index (χ0v) is 15.9. The number of carbonyl (C=O) groups excluding carboxylic acids is 1. The van der Waals surface area contributed by atoms with Gasteiger partial charge in [-0.2, -0.15) is 10.5 Å². The largest absolute Gasteiger partial charge is 0.293 e. The molecule has 1 aromatic heterocycles. The van der Waals surface area contributed by atoms with Gasteiger partial charge >= 0.3 is 0 Å². The first-order valence-electron chi connectivity index (χ1n) is 8.30. The highest BCUT2D eigenvalue weighted by Gasteiger charge is 2.17. The van der Waals surface area contributed by atoms with E-state index in [1.54, 1.807) is 31.2 Å². The molecule has 6 nitrogen and oxygen atoms in total. The van der Waals surface area contributed by atoms with Crippen molar-refractivity contribution in [2.24, 2.45) is 0 Å². The van der Waals surface area contributed by atoms with Crippen molar-refractivity contribution in [1.82, 2.24) is 15.0 Å². The molecule has 0 aliphatic rings. The van der Waals surface area contributed by atoms with Crippen LogP contribution in [-0.2, 0) is 0 Å². The molecular weight excluding hydrogens is 374 g/mol. The number of Topliss-reactive ketones (excluding diaryl/α,β-unsaturated/α-hetero) is 1. The van der Waals surface area contributed by atoms with E-state index in [2.05, 4.69) is 10.3 Å². The van der Waals surface area contributed by atoms with Crippen molar-refractivity contribution in [2.45, 2.75) is 13.8 Å². The van der Waals surface area contributed by atoms with Gasteiger partial charge in [0.2, 0.25) is 0 Å². The predicted molar refractivity (Wildman–Crippen MR) is 106 cm³/mol. The summed E-state index contributed by atoms with van der Waals surface area (Å²) in [6, 6.07) is 14.5. The molecule has 0 bridgehead atoms. The number of carbonyl (C=O) groups is 1. The van der Waals surface area contributed by atoms with E-state index < -0.39 is 0 Å². The Labute approximate surface area is 166 Å². The zero-order chi connectivity index (χ0) is 20.3. The Morgan fingerprint density at radius 2 is 1.75 bits per heavy atom. The molecule has 0 saturated heterocycles. The summed E-state index contributed by atoms with van der Waals surface area (Å²) >= 11 is 5.92. The van der Waals surface area contributed by atoms with Crippen LogP contribution in [0.1, 0.15) is 45.4 Å². The van der Waals surface area contributed by atoms with Crippen molar-refractivity contribution in [3.63, 3.8) is 0 Å². The fraction of sp³-hybridized carbons (Fsp3) is 0.0952. The SMILES string of the molecule is CC(=O)c1nnn(-c2cc(C#N)c(C#N)cc2/C=C/c2ccc(Cl)cc2)c1C. The number of hydrogen-bond donors (Lipinski definition) is 0. The second-order valence-electron chi connectivity index (χ2n) is 6.06. The van der Waals surface area contributed by atoms with E-state index in [9.17, 15) is 15.3 Å². The van der Waals surface area contributed by atoms with Crippen molar-refractivity contribution in [2.75, 3.05) is 0 Å². The molecule has 136 valence electrons. The fourth-order valence-electron chi connectivity index (χ4n) is 2.75. The lowest BCUT2D eigenvalue weighted by Crippen LogP contribution is -2.04. The molecule has 7 heteroatoms. The molecule has 3 rings (SSSR count). The van der Waals surface area contributed by atoms with Gasteiger partial charge in [-0.25, -0.2) is 4.68 Å². The molecule has 0 aliphatic carbocycles. The van der Waals surface area contributed by atoms with E-state index in [-0.39, 0.29) is 22.6 Å². The van der Waals surface area contributed by atoms with Gasteiger partial charge < -0.3 is 0 Å². The summed E-state index contributed by atoms with van der Waals surface area (Å²) in [7, 11) is 0. The van der Waals surface area contributed by atoms with Crippen LogP contribution in [0.15, 0.2) is 36.4 Å². The molecule has 0 amide bonds. The van der Waals surface area contributed by atoms with Gasteiger partial charge in [0.05, 0.1) is 22.5 Å². The Bertz CT molecular complexity index is 1180. The highest BCUT2D eigenvalue weighted by molar-refractivity contribution is 6.30. The second kappa shape index (κ2) is 7.87. The molecule has 0 spiro atoms. The molecule has 28 heavy (non-hydrogen) atoms. The Morgan fingerprint density at radius 3 is 2.32 bits per heavy atom. The van der Waals surface area contributed by atoms with Gasteiger partial charge in [-0.05, 0) is 36.8 Å². The van der Waals surface area contributed by atoms with Crippen LogP contribution in [0.5, 0.6) is 0 Å². The Hall–Kier alpha value is -3.74. The number of nitrogens with zero attached hydrogens (tertiary/aromatic N) is 5. The standard InChI is InChI=1S/C21H14ClN5O/c1-13-21(14(2)28)25-26-27(13)20-10-18(12-24)17(11-23)9-16(20)6-3-15-4-7-19(22)8-5-15/h3-10H,1-2H3/b6-3+. The van der Waals surface area contributed by atoms with E-state index in [0.29, 0.717) is 22.0 Å². The fourth-order valence-corrected chi connectivity index (χ4v) is 2.88. The smallest absolute Gasteiger partial charge is 0.181 e.